The minimum absolute atomic E-state index is 0.395. The molecule has 1 N–H and O–H groups in total. The van der Waals surface area contributed by atoms with Crippen LogP contribution in [0.3, 0.4) is 0 Å². The summed E-state index contributed by atoms with van der Waals surface area (Å²) >= 11 is 0. The van der Waals surface area contributed by atoms with E-state index in [0.717, 1.165) is 60.2 Å². The number of nitrogens with one attached hydrogen (secondary N) is 1. The lowest BCUT2D eigenvalue weighted by atomic mass is 10.1. The van der Waals surface area contributed by atoms with E-state index in [-0.39, 0.29) is 0 Å². The highest BCUT2D eigenvalue weighted by molar-refractivity contribution is 5.75. The molecule has 0 saturated carbocycles. The van der Waals surface area contributed by atoms with E-state index in [1.807, 2.05) is 41.2 Å². The lowest BCUT2D eigenvalue weighted by molar-refractivity contribution is 0.215. The summed E-state index contributed by atoms with van der Waals surface area (Å²) in [4.78, 5) is 15.1. The quantitative estimate of drug-likeness (QED) is 0.592. The third-order valence-corrected chi connectivity index (χ3v) is 5.48. The predicted molar refractivity (Wildman–Crippen MR) is 107 cm³/mol. The minimum Gasteiger partial charge on any atom is -0.497 e. The van der Waals surface area contributed by atoms with Crippen molar-refractivity contribution in [2.75, 3.05) is 27.2 Å². The summed E-state index contributed by atoms with van der Waals surface area (Å²) < 4.78 is 9.34. The van der Waals surface area contributed by atoms with Gasteiger partial charge in [-0.2, -0.15) is 5.10 Å². The maximum absolute atomic E-state index is 5.25. The van der Waals surface area contributed by atoms with Crippen LogP contribution in [-0.4, -0.2) is 61.4 Å². The Morgan fingerprint density at radius 2 is 1.93 bits per heavy atom. The second kappa shape index (κ2) is 6.79. The van der Waals surface area contributed by atoms with Crippen LogP contribution in [0.25, 0.3) is 28.5 Å². The van der Waals surface area contributed by atoms with Gasteiger partial charge in [0, 0.05) is 18.1 Å². The molecule has 144 valence electrons. The molecule has 1 aliphatic rings. The fraction of sp³-hybridized carbons (Fsp3) is 0.350. The molecular formula is C20H23N7O. The number of hydrogen-bond acceptors (Lipinski definition) is 5. The third kappa shape index (κ3) is 2.86. The molecule has 1 aliphatic heterocycles. The van der Waals surface area contributed by atoms with E-state index in [4.69, 9.17) is 9.72 Å². The van der Waals surface area contributed by atoms with E-state index in [2.05, 4.69) is 31.7 Å². The molecule has 1 saturated heterocycles. The Bertz CT molecular complexity index is 1080. The van der Waals surface area contributed by atoms with Gasteiger partial charge in [-0.1, -0.05) is 0 Å². The summed E-state index contributed by atoms with van der Waals surface area (Å²) in [5.74, 6) is 2.35. The number of fused-ring (bicyclic) bond motifs is 1. The van der Waals surface area contributed by atoms with Gasteiger partial charge in [-0.3, -0.25) is 4.57 Å². The summed E-state index contributed by atoms with van der Waals surface area (Å²) in [5.41, 5.74) is 2.85. The number of rotatable bonds is 4. The molecule has 0 unspecified atom stereocenters. The monoisotopic (exact) mass is 377 g/mol. The second-order valence-corrected chi connectivity index (χ2v) is 7.27. The number of piperidine rings is 1. The number of ether oxygens (including phenoxy) is 1. The van der Waals surface area contributed by atoms with Crippen molar-refractivity contribution in [3.8, 4) is 23.1 Å². The topological polar surface area (TPSA) is 76.8 Å². The number of hydrogen-bond donors (Lipinski definition) is 1. The van der Waals surface area contributed by atoms with Gasteiger partial charge in [0.1, 0.15) is 11.3 Å². The third-order valence-electron chi connectivity index (χ3n) is 5.48. The van der Waals surface area contributed by atoms with Gasteiger partial charge in [-0.15, -0.1) is 0 Å². The molecule has 0 radical (unpaired) electrons. The molecule has 0 spiro atoms. The van der Waals surface area contributed by atoms with Crippen LogP contribution in [0.5, 0.6) is 5.75 Å². The molecular weight excluding hydrogens is 354 g/mol. The van der Waals surface area contributed by atoms with Crippen molar-refractivity contribution >= 4 is 11.2 Å². The van der Waals surface area contributed by atoms with Crippen LogP contribution in [0.15, 0.2) is 42.9 Å². The minimum atomic E-state index is 0.395. The number of likely N-dealkylation sites (tertiary alicyclic amines) is 1. The molecule has 8 nitrogen and oxygen atoms in total. The summed E-state index contributed by atoms with van der Waals surface area (Å²) in [6.07, 6.45) is 7.78. The van der Waals surface area contributed by atoms with E-state index >= 15 is 0 Å². The van der Waals surface area contributed by atoms with Crippen LogP contribution in [0.2, 0.25) is 0 Å². The van der Waals surface area contributed by atoms with Crippen molar-refractivity contribution in [1.82, 2.24) is 34.2 Å². The molecule has 28 heavy (non-hydrogen) atoms. The van der Waals surface area contributed by atoms with Gasteiger partial charge in [-0.05, 0) is 57.2 Å². The normalized spacial score (nSPS) is 16.1. The first-order chi connectivity index (χ1) is 13.7. The summed E-state index contributed by atoms with van der Waals surface area (Å²) in [6, 6.07) is 8.29. The SMILES string of the molecule is COc1ccc(-n2ccnc2-c2nc3c(cnn3C3CCN(C)CC3)[nH]2)cc1. The lowest BCUT2D eigenvalue weighted by Crippen LogP contribution is -2.31. The standard InChI is InChI=1S/C20H23N7O/c1-25-10-7-15(8-11-25)27-19-17(13-22-27)23-18(24-19)20-21-9-12-26(20)14-3-5-16(28-2)6-4-14/h3-6,9,12-13,15H,7-8,10-11H2,1-2H3,(H,23,24). The number of aromatic nitrogens is 6. The van der Waals surface area contributed by atoms with Crippen LogP contribution in [0.1, 0.15) is 18.9 Å². The van der Waals surface area contributed by atoms with E-state index in [9.17, 15) is 0 Å². The van der Waals surface area contributed by atoms with Crippen LogP contribution < -0.4 is 4.74 Å². The molecule has 4 heterocycles. The number of methoxy groups -OCH3 is 1. The molecule has 4 aromatic rings. The number of aromatic amines is 1. The zero-order chi connectivity index (χ0) is 19.1. The molecule has 1 aromatic carbocycles. The van der Waals surface area contributed by atoms with Crippen molar-refractivity contribution in [1.29, 1.82) is 0 Å². The molecule has 0 atom stereocenters. The van der Waals surface area contributed by atoms with E-state index in [1.54, 1.807) is 13.3 Å². The molecule has 5 rings (SSSR count). The van der Waals surface area contributed by atoms with Gasteiger partial charge in [0.05, 0.1) is 19.3 Å². The fourth-order valence-electron chi connectivity index (χ4n) is 3.86. The van der Waals surface area contributed by atoms with Crippen molar-refractivity contribution in [2.24, 2.45) is 0 Å². The molecule has 0 aliphatic carbocycles. The van der Waals surface area contributed by atoms with Crippen LogP contribution >= 0.6 is 0 Å². The Labute approximate surface area is 162 Å². The van der Waals surface area contributed by atoms with Gasteiger partial charge >= 0.3 is 0 Å². The highest BCUT2D eigenvalue weighted by atomic mass is 16.5. The number of nitrogens with zero attached hydrogens (tertiary/aromatic N) is 6. The maximum atomic E-state index is 5.25. The zero-order valence-electron chi connectivity index (χ0n) is 16.0. The van der Waals surface area contributed by atoms with Gasteiger partial charge < -0.3 is 14.6 Å². The average Bonchev–Trinajstić information content (AvgIpc) is 3.44. The molecule has 1 fully saturated rings. The van der Waals surface area contributed by atoms with Crippen molar-refractivity contribution in [3.05, 3.63) is 42.9 Å². The van der Waals surface area contributed by atoms with Crippen LogP contribution in [0, 0.1) is 0 Å². The van der Waals surface area contributed by atoms with E-state index < -0.39 is 0 Å². The summed E-state index contributed by atoms with van der Waals surface area (Å²) in [7, 11) is 3.83. The largest absolute Gasteiger partial charge is 0.497 e. The molecule has 0 amide bonds. The molecule has 0 bridgehead atoms. The first kappa shape index (κ1) is 17.0. The number of benzene rings is 1. The zero-order valence-corrected chi connectivity index (χ0v) is 16.0. The first-order valence-electron chi connectivity index (χ1n) is 9.53. The Morgan fingerprint density at radius 3 is 2.68 bits per heavy atom. The maximum Gasteiger partial charge on any atom is 0.180 e. The fourth-order valence-corrected chi connectivity index (χ4v) is 3.86. The average molecular weight is 377 g/mol. The summed E-state index contributed by atoms with van der Waals surface area (Å²) in [6.45, 7) is 2.18. The van der Waals surface area contributed by atoms with Gasteiger partial charge in [-0.25, -0.2) is 14.6 Å². The molecule has 8 heteroatoms. The van der Waals surface area contributed by atoms with E-state index in [0.29, 0.717) is 6.04 Å². The second-order valence-electron chi connectivity index (χ2n) is 7.27. The Hall–Kier alpha value is -3.13. The Balaban J connectivity index is 1.50. The van der Waals surface area contributed by atoms with Crippen LogP contribution in [0.4, 0.5) is 0 Å². The van der Waals surface area contributed by atoms with E-state index in [1.165, 1.54) is 0 Å². The van der Waals surface area contributed by atoms with Crippen LogP contribution in [-0.2, 0) is 0 Å². The van der Waals surface area contributed by atoms with Crippen molar-refractivity contribution in [2.45, 2.75) is 18.9 Å². The van der Waals surface area contributed by atoms with Gasteiger partial charge in [0.15, 0.2) is 17.3 Å². The van der Waals surface area contributed by atoms with Gasteiger partial charge in [0.2, 0.25) is 0 Å². The Morgan fingerprint density at radius 1 is 1.14 bits per heavy atom. The summed E-state index contributed by atoms with van der Waals surface area (Å²) in [5, 5.41) is 4.59. The Kier molecular flexibility index (Phi) is 4.12. The van der Waals surface area contributed by atoms with Crippen molar-refractivity contribution < 1.29 is 4.74 Å². The van der Waals surface area contributed by atoms with Crippen molar-refractivity contribution in [3.63, 3.8) is 0 Å². The number of H-pyrrole nitrogens is 1. The van der Waals surface area contributed by atoms with Gasteiger partial charge in [0.25, 0.3) is 0 Å². The molecule has 3 aromatic heterocycles. The lowest BCUT2D eigenvalue weighted by Gasteiger charge is -2.28. The highest BCUT2D eigenvalue weighted by Gasteiger charge is 2.23. The smallest absolute Gasteiger partial charge is 0.180 e. The highest BCUT2D eigenvalue weighted by Crippen LogP contribution is 2.27. The predicted octanol–water partition coefficient (Wildman–Crippen LogP) is 2.89. The first-order valence-corrected chi connectivity index (χ1v) is 9.53. The number of imidazole rings is 2.